The molecule has 0 aliphatic heterocycles. The Hall–Kier alpha value is -3.06. The highest BCUT2D eigenvalue weighted by atomic mass is 35.5. The van der Waals surface area contributed by atoms with E-state index in [9.17, 15) is 4.79 Å². The Morgan fingerprint density at radius 2 is 1.84 bits per heavy atom. The average Bonchev–Trinajstić information content (AvgIpc) is 2.72. The molecule has 0 atom stereocenters. The Labute approximate surface area is 193 Å². The first-order chi connectivity index (χ1) is 15.0. The van der Waals surface area contributed by atoms with Crippen LogP contribution < -0.4 is 9.64 Å². The number of halogens is 1. The van der Waals surface area contributed by atoms with Gasteiger partial charge in [0.25, 0.3) is 0 Å². The fraction of sp³-hybridized carbons (Fsp3) is 0.375. The van der Waals surface area contributed by atoms with Gasteiger partial charge in [-0.1, -0.05) is 11.6 Å². The zero-order chi connectivity index (χ0) is 23.5. The molecular formula is C24H29ClN4O3. The fourth-order valence-corrected chi connectivity index (χ4v) is 3.20. The maximum Gasteiger partial charge on any atom is 0.410 e. The summed E-state index contributed by atoms with van der Waals surface area (Å²) in [6, 6.07) is 11.5. The Morgan fingerprint density at radius 1 is 1.09 bits per heavy atom. The lowest BCUT2D eigenvalue weighted by Gasteiger charge is -2.24. The molecule has 0 spiro atoms. The fourth-order valence-electron chi connectivity index (χ4n) is 2.94. The van der Waals surface area contributed by atoms with Crippen molar-refractivity contribution in [3.8, 4) is 17.1 Å². The van der Waals surface area contributed by atoms with Gasteiger partial charge in [-0.2, -0.15) is 0 Å². The summed E-state index contributed by atoms with van der Waals surface area (Å²) in [6.45, 7) is 6.18. The Bertz CT molecular complexity index is 1090. The van der Waals surface area contributed by atoms with Crippen LogP contribution in [-0.4, -0.2) is 60.9 Å². The van der Waals surface area contributed by atoms with Crippen molar-refractivity contribution in [2.45, 2.75) is 26.4 Å². The van der Waals surface area contributed by atoms with Crippen LogP contribution in [-0.2, 0) is 4.74 Å². The number of aromatic nitrogens is 2. The summed E-state index contributed by atoms with van der Waals surface area (Å²) in [5.41, 5.74) is 2.92. The quantitative estimate of drug-likeness (QED) is 0.503. The lowest BCUT2D eigenvalue weighted by Crippen LogP contribution is -2.36. The summed E-state index contributed by atoms with van der Waals surface area (Å²) in [5, 5.41) is 1.55. The van der Waals surface area contributed by atoms with Gasteiger partial charge in [-0.15, -0.1) is 0 Å². The van der Waals surface area contributed by atoms with Gasteiger partial charge in [-0.05, 0) is 51.1 Å². The van der Waals surface area contributed by atoms with E-state index in [1.165, 1.54) is 4.90 Å². The summed E-state index contributed by atoms with van der Waals surface area (Å²) in [7, 11) is 5.64. The van der Waals surface area contributed by atoms with Gasteiger partial charge in [-0.25, -0.2) is 14.8 Å². The summed E-state index contributed by atoms with van der Waals surface area (Å²) >= 11 is 6.50. The average molecular weight is 457 g/mol. The number of rotatable bonds is 6. The van der Waals surface area contributed by atoms with Crippen molar-refractivity contribution < 1.29 is 14.3 Å². The van der Waals surface area contributed by atoms with E-state index in [1.54, 1.807) is 19.3 Å². The molecule has 0 saturated carbocycles. The lowest BCUT2D eigenvalue weighted by atomic mass is 10.1. The predicted molar refractivity (Wildman–Crippen MR) is 129 cm³/mol. The molecule has 8 heteroatoms. The summed E-state index contributed by atoms with van der Waals surface area (Å²) in [5.74, 6) is 0.466. The second-order valence-electron chi connectivity index (χ2n) is 8.72. The molecule has 3 rings (SSSR count). The van der Waals surface area contributed by atoms with Crippen LogP contribution in [0, 0.1) is 0 Å². The van der Waals surface area contributed by atoms with Crippen molar-refractivity contribution in [2.75, 3.05) is 39.2 Å². The van der Waals surface area contributed by atoms with E-state index in [-0.39, 0.29) is 6.09 Å². The number of nitrogens with zero attached hydrogens (tertiary/aromatic N) is 4. The number of anilines is 1. The first-order valence-electron chi connectivity index (χ1n) is 10.3. The van der Waals surface area contributed by atoms with Crippen LogP contribution in [0.1, 0.15) is 20.8 Å². The number of benzene rings is 1. The van der Waals surface area contributed by atoms with Gasteiger partial charge in [0.1, 0.15) is 12.2 Å². The molecule has 3 aromatic rings. The minimum absolute atomic E-state index is 0.301. The molecule has 0 saturated heterocycles. The maximum absolute atomic E-state index is 12.0. The summed E-state index contributed by atoms with van der Waals surface area (Å²) < 4.78 is 11.0. The molecule has 0 unspecified atom stereocenters. The molecule has 2 heterocycles. The van der Waals surface area contributed by atoms with E-state index in [4.69, 9.17) is 26.1 Å². The number of likely N-dealkylation sites (N-methyl/N-ethyl adjacent to an activating group) is 1. The van der Waals surface area contributed by atoms with Gasteiger partial charge >= 0.3 is 6.09 Å². The van der Waals surface area contributed by atoms with Crippen molar-refractivity contribution in [1.82, 2.24) is 14.9 Å². The third-order valence-corrected chi connectivity index (χ3v) is 4.99. The third-order valence-electron chi connectivity index (χ3n) is 4.67. The zero-order valence-corrected chi connectivity index (χ0v) is 20.1. The van der Waals surface area contributed by atoms with Crippen LogP contribution in [0.25, 0.3) is 22.2 Å². The molecule has 32 heavy (non-hydrogen) atoms. The van der Waals surface area contributed by atoms with Gasteiger partial charge in [0.2, 0.25) is 5.88 Å². The molecule has 170 valence electrons. The van der Waals surface area contributed by atoms with Crippen molar-refractivity contribution in [3.63, 3.8) is 0 Å². The largest absolute Gasteiger partial charge is 0.476 e. The highest BCUT2D eigenvalue weighted by Gasteiger charge is 2.19. The highest BCUT2D eigenvalue weighted by Crippen LogP contribution is 2.30. The topological polar surface area (TPSA) is 67.8 Å². The molecule has 7 nitrogen and oxygen atoms in total. The van der Waals surface area contributed by atoms with Crippen molar-refractivity contribution in [1.29, 1.82) is 0 Å². The first-order valence-corrected chi connectivity index (χ1v) is 10.7. The van der Waals surface area contributed by atoms with Crippen LogP contribution in [0.15, 0.2) is 42.6 Å². The minimum atomic E-state index is -0.530. The first kappa shape index (κ1) is 23.6. The van der Waals surface area contributed by atoms with E-state index in [2.05, 4.69) is 4.98 Å². The van der Waals surface area contributed by atoms with Gasteiger partial charge in [-0.3, -0.25) is 0 Å². The van der Waals surface area contributed by atoms with Crippen molar-refractivity contribution in [3.05, 3.63) is 47.6 Å². The Morgan fingerprint density at radius 3 is 2.47 bits per heavy atom. The minimum Gasteiger partial charge on any atom is -0.476 e. The van der Waals surface area contributed by atoms with Gasteiger partial charge < -0.3 is 19.3 Å². The Balaban J connectivity index is 1.66. The number of amides is 1. The van der Waals surface area contributed by atoms with E-state index in [0.717, 1.165) is 27.8 Å². The SMILES string of the molecule is CN(CCOc1ccc(-c2cc(Cl)c3ccc(N(C)C)cc3n2)cn1)C(=O)OC(C)(C)C. The number of pyridine rings is 2. The molecule has 0 N–H and O–H groups in total. The van der Waals surface area contributed by atoms with Crippen LogP contribution in [0.2, 0.25) is 5.02 Å². The van der Waals surface area contributed by atoms with Crippen LogP contribution in [0.4, 0.5) is 10.5 Å². The number of carbonyl (C=O) groups excluding carboxylic acids is 1. The summed E-state index contributed by atoms with van der Waals surface area (Å²) in [4.78, 5) is 24.6. The molecule has 0 radical (unpaired) electrons. The van der Waals surface area contributed by atoms with Crippen LogP contribution in [0.5, 0.6) is 5.88 Å². The molecule has 0 aliphatic carbocycles. The van der Waals surface area contributed by atoms with Gasteiger partial charge in [0.05, 0.1) is 22.8 Å². The number of ether oxygens (including phenoxy) is 2. The molecule has 0 bridgehead atoms. The van der Waals surface area contributed by atoms with Gasteiger partial charge in [0.15, 0.2) is 0 Å². The summed E-state index contributed by atoms with van der Waals surface area (Å²) in [6.07, 6.45) is 1.31. The number of hydrogen-bond donors (Lipinski definition) is 0. The normalized spacial score (nSPS) is 11.3. The van der Waals surface area contributed by atoms with Crippen LogP contribution >= 0.6 is 11.6 Å². The molecule has 1 amide bonds. The van der Waals surface area contributed by atoms with Gasteiger partial charge in [0, 0.05) is 50.0 Å². The highest BCUT2D eigenvalue weighted by molar-refractivity contribution is 6.35. The molecule has 0 aliphatic rings. The number of hydrogen-bond acceptors (Lipinski definition) is 6. The van der Waals surface area contributed by atoms with E-state index in [1.807, 2.05) is 70.1 Å². The zero-order valence-electron chi connectivity index (χ0n) is 19.3. The van der Waals surface area contributed by atoms with Crippen LogP contribution in [0.3, 0.4) is 0 Å². The molecule has 0 fully saturated rings. The number of fused-ring (bicyclic) bond motifs is 1. The standard InChI is InChI=1S/C24H29ClN4O3/c1-24(2,3)32-23(30)29(6)11-12-31-22-10-7-16(15-26-22)20-14-19(25)18-9-8-17(28(4)5)13-21(18)27-20/h7-10,13-15H,11-12H2,1-6H3. The smallest absolute Gasteiger partial charge is 0.410 e. The third kappa shape index (κ3) is 6.01. The van der Waals surface area contributed by atoms with E-state index >= 15 is 0 Å². The number of carbonyl (C=O) groups is 1. The lowest BCUT2D eigenvalue weighted by molar-refractivity contribution is 0.0277. The van der Waals surface area contributed by atoms with E-state index < -0.39 is 5.60 Å². The monoisotopic (exact) mass is 456 g/mol. The second-order valence-corrected chi connectivity index (χ2v) is 9.13. The van der Waals surface area contributed by atoms with Crippen molar-refractivity contribution in [2.24, 2.45) is 0 Å². The molecular weight excluding hydrogens is 428 g/mol. The second kappa shape index (κ2) is 9.61. The maximum atomic E-state index is 12.0. The van der Waals surface area contributed by atoms with E-state index in [0.29, 0.717) is 24.1 Å². The van der Waals surface area contributed by atoms with Crippen molar-refractivity contribution >= 4 is 34.3 Å². The Kier molecular flexibility index (Phi) is 7.09. The molecule has 1 aromatic carbocycles. The predicted octanol–water partition coefficient (Wildman–Crippen LogP) is 5.26. The molecule has 2 aromatic heterocycles.